The number of hydrogen-bond acceptors (Lipinski definition) is 2. The van der Waals surface area contributed by atoms with Gasteiger partial charge >= 0.3 is 0 Å². The van der Waals surface area contributed by atoms with Crippen LogP contribution in [0.4, 0.5) is 0 Å². The van der Waals surface area contributed by atoms with Crippen molar-refractivity contribution in [3.05, 3.63) is 60.2 Å². The number of likely N-dealkylation sites (tertiary alicyclic amines) is 1. The number of carbonyl (C=O) groups is 1. The van der Waals surface area contributed by atoms with Crippen LogP contribution in [0.25, 0.3) is 11.1 Å². The number of hydrogen-bond donors (Lipinski definition) is 1. The Morgan fingerprint density at radius 1 is 1.04 bits per heavy atom. The molecule has 3 nitrogen and oxygen atoms in total. The molecular weight excluding hydrogens is 286 g/mol. The minimum absolute atomic E-state index is 0.0912. The Hall–Kier alpha value is -2.13. The molecule has 3 heteroatoms. The third-order valence-electron chi connectivity index (χ3n) is 4.75. The van der Waals surface area contributed by atoms with Gasteiger partial charge in [-0.25, -0.2) is 0 Å². The summed E-state index contributed by atoms with van der Waals surface area (Å²) in [6, 6.07) is 17.8. The summed E-state index contributed by atoms with van der Waals surface area (Å²) in [4.78, 5) is 14.9. The van der Waals surface area contributed by atoms with Crippen LogP contribution < -0.4 is 0 Å². The van der Waals surface area contributed by atoms with E-state index in [9.17, 15) is 9.90 Å². The van der Waals surface area contributed by atoms with Crippen molar-refractivity contribution in [2.75, 3.05) is 13.1 Å². The van der Waals surface area contributed by atoms with Gasteiger partial charge in [-0.1, -0.05) is 48.5 Å². The Kier molecular flexibility index (Phi) is 4.77. The van der Waals surface area contributed by atoms with Crippen molar-refractivity contribution in [3.8, 4) is 11.1 Å². The molecule has 1 N–H and O–H groups in total. The summed E-state index contributed by atoms with van der Waals surface area (Å²) in [5.41, 5.74) is 2.81. The van der Waals surface area contributed by atoms with Gasteiger partial charge in [0, 0.05) is 18.7 Å². The van der Waals surface area contributed by atoms with Gasteiger partial charge in [0.05, 0.1) is 6.10 Å². The quantitative estimate of drug-likeness (QED) is 0.941. The average Bonchev–Trinajstić information content (AvgIpc) is 2.62. The number of nitrogens with zero attached hydrogens (tertiary/aromatic N) is 1. The van der Waals surface area contributed by atoms with E-state index < -0.39 is 0 Å². The molecule has 0 saturated carbocycles. The third-order valence-corrected chi connectivity index (χ3v) is 4.75. The Bertz CT molecular complexity index is 658. The normalized spacial score (nSPS) is 17.0. The molecule has 1 heterocycles. The molecule has 2 aromatic carbocycles. The van der Waals surface area contributed by atoms with Crippen LogP contribution in [0.2, 0.25) is 0 Å². The van der Waals surface area contributed by atoms with Crippen LogP contribution in [0.5, 0.6) is 0 Å². The van der Waals surface area contributed by atoms with Crippen molar-refractivity contribution >= 4 is 5.91 Å². The number of aliphatic hydroxyl groups excluding tert-OH is 1. The van der Waals surface area contributed by atoms with Gasteiger partial charge in [-0.2, -0.15) is 0 Å². The molecule has 1 aliphatic heterocycles. The Labute approximate surface area is 137 Å². The van der Waals surface area contributed by atoms with Crippen molar-refractivity contribution in [2.24, 2.45) is 5.92 Å². The Morgan fingerprint density at radius 2 is 1.65 bits per heavy atom. The molecular formula is C20H23NO2. The SMILES string of the molecule is CC(O)C1CCN(C(=O)c2ccccc2-c2ccccc2)CC1. The molecule has 1 atom stereocenters. The van der Waals surface area contributed by atoms with Gasteiger partial charge in [0.1, 0.15) is 0 Å². The fourth-order valence-corrected chi connectivity index (χ4v) is 3.29. The number of aliphatic hydroxyl groups is 1. The summed E-state index contributed by atoms with van der Waals surface area (Å²) >= 11 is 0. The predicted octanol–water partition coefficient (Wildman–Crippen LogP) is 3.59. The maximum atomic E-state index is 12.9. The number of benzene rings is 2. The zero-order valence-electron chi connectivity index (χ0n) is 13.5. The first-order valence-electron chi connectivity index (χ1n) is 8.28. The lowest BCUT2D eigenvalue weighted by molar-refractivity contribution is 0.0522. The van der Waals surface area contributed by atoms with E-state index in [1.165, 1.54) is 0 Å². The maximum Gasteiger partial charge on any atom is 0.254 e. The highest BCUT2D eigenvalue weighted by Crippen LogP contribution is 2.27. The molecule has 0 aliphatic carbocycles. The highest BCUT2D eigenvalue weighted by Gasteiger charge is 2.27. The van der Waals surface area contributed by atoms with Crippen LogP contribution in [-0.4, -0.2) is 35.1 Å². The molecule has 0 spiro atoms. The number of amides is 1. The first kappa shape index (κ1) is 15.8. The highest BCUT2D eigenvalue weighted by molar-refractivity contribution is 6.00. The van der Waals surface area contributed by atoms with Crippen LogP contribution in [0.15, 0.2) is 54.6 Å². The van der Waals surface area contributed by atoms with Crippen molar-refractivity contribution in [1.29, 1.82) is 0 Å². The van der Waals surface area contributed by atoms with Crippen molar-refractivity contribution in [2.45, 2.75) is 25.9 Å². The van der Waals surface area contributed by atoms with Crippen LogP contribution in [0, 0.1) is 5.92 Å². The molecule has 0 radical (unpaired) electrons. The van der Waals surface area contributed by atoms with E-state index in [2.05, 4.69) is 0 Å². The van der Waals surface area contributed by atoms with Gasteiger partial charge in [-0.3, -0.25) is 4.79 Å². The lowest BCUT2D eigenvalue weighted by atomic mass is 9.91. The largest absolute Gasteiger partial charge is 0.393 e. The summed E-state index contributed by atoms with van der Waals surface area (Å²) in [6.45, 7) is 3.28. The average molecular weight is 309 g/mol. The smallest absolute Gasteiger partial charge is 0.254 e. The van der Waals surface area contributed by atoms with E-state index >= 15 is 0 Å². The van der Waals surface area contributed by atoms with Crippen LogP contribution in [0.3, 0.4) is 0 Å². The minimum atomic E-state index is -0.288. The number of piperidine rings is 1. The van der Waals surface area contributed by atoms with Gasteiger partial charge < -0.3 is 10.0 Å². The molecule has 2 aromatic rings. The van der Waals surface area contributed by atoms with E-state index in [0.29, 0.717) is 5.92 Å². The first-order chi connectivity index (χ1) is 11.2. The maximum absolute atomic E-state index is 12.9. The second-order valence-electron chi connectivity index (χ2n) is 6.28. The van der Waals surface area contributed by atoms with Crippen LogP contribution in [-0.2, 0) is 0 Å². The van der Waals surface area contributed by atoms with E-state index in [1.54, 1.807) is 0 Å². The molecule has 3 rings (SSSR count). The molecule has 1 unspecified atom stereocenters. The van der Waals surface area contributed by atoms with E-state index in [1.807, 2.05) is 66.4 Å². The topological polar surface area (TPSA) is 40.5 Å². The van der Waals surface area contributed by atoms with E-state index in [-0.39, 0.29) is 12.0 Å². The van der Waals surface area contributed by atoms with E-state index in [4.69, 9.17) is 0 Å². The van der Waals surface area contributed by atoms with Gasteiger partial charge in [-0.05, 0) is 42.9 Å². The lowest BCUT2D eigenvalue weighted by Gasteiger charge is -2.33. The highest BCUT2D eigenvalue weighted by atomic mass is 16.3. The predicted molar refractivity (Wildman–Crippen MR) is 92.2 cm³/mol. The summed E-state index contributed by atoms with van der Waals surface area (Å²) in [7, 11) is 0. The Balaban J connectivity index is 1.81. The van der Waals surface area contributed by atoms with Gasteiger partial charge in [-0.15, -0.1) is 0 Å². The molecule has 0 bridgehead atoms. The molecule has 0 aromatic heterocycles. The minimum Gasteiger partial charge on any atom is -0.393 e. The Morgan fingerprint density at radius 3 is 2.30 bits per heavy atom. The number of rotatable bonds is 3. The first-order valence-corrected chi connectivity index (χ1v) is 8.28. The summed E-state index contributed by atoms with van der Waals surface area (Å²) < 4.78 is 0. The summed E-state index contributed by atoms with van der Waals surface area (Å²) in [6.07, 6.45) is 1.46. The van der Waals surface area contributed by atoms with Gasteiger partial charge in [0.25, 0.3) is 5.91 Å². The molecule has 1 fully saturated rings. The second kappa shape index (κ2) is 6.97. The van der Waals surface area contributed by atoms with Crippen molar-refractivity contribution in [1.82, 2.24) is 4.90 Å². The molecule has 120 valence electrons. The molecule has 23 heavy (non-hydrogen) atoms. The van der Waals surface area contributed by atoms with Gasteiger partial charge in [0.2, 0.25) is 0 Å². The standard InChI is InChI=1S/C20H23NO2/c1-15(22)16-11-13-21(14-12-16)20(23)19-10-6-5-9-18(19)17-7-3-2-4-8-17/h2-10,15-16,22H,11-14H2,1H3. The number of carbonyl (C=O) groups excluding carboxylic acids is 1. The fraction of sp³-hybridized carbons (Fsp3) is 0.350. The van der Waals surface area contributed by atoms with Crippen LogP contribution >= 0.6 is 0 Å². The van der Waals surface area contributed by atoms with E-state index in [0.717, 1.165) is 42.6 Å². The zero-order valence-corrected chi connectivity index (χ0v) is 13.5. The van der Waals surface area contributed by atoms with Gasteiger partial charge in [0.15, 0.2) is 0 Å². The molecule has 1 aliphatic rings. The summed E-state index contributed by atoms with van der Waals surface area (Å²) in [5, 5.41) is 9.71. The monoisotopic (exact) mass is 309 g/mol. The summed E-state index contributed by atoms with van der Waals surface area (Å²) in [5.74, 6) is 0.400. The molecule has 1 saturated heterocycles. The fourth-order valence-electron chi connectivity index (χ4n) is 3.29. The van der Waals surface area contributed by atoms with Crippen LogP contribution in [0.1, 0.15) is 30.1 Å². The molecule has 1 amide bonds. The van der Waals surface area contributed by atoms with Crippen molar-refractivity contribution in [3.63, 3.8) is 0 Å². The van der Waals surface area contributed by atoms with Crippen molar-refractivity contribution < 1.29 is 9.90 Å². The second-order valence-corrected chi connectivity index (χ2v) is 6.28. The lowest BCUT2D eigenvalue weighted by Crippen LogP contribution is -2.40. The third kappa shape index (κ3) is 3.45. The zero-order chi connectivity index (χ0) is 16.2.